The number of hydrogen-bond donors (Lipinski definition) is 0. The van der Waals surface area contributed by atoms with Gasteiger partial charge < -0.3 is 9.80 Å². The molecule has 0 radical (unpaired) electrons. The lowest BCUT2D eigenvalue weighted by molar-refractivity contribution is -0.136. The van der Waals surface area contributed by atoms with Gasteiger partial charge in [0.15, 0.2) is 0 Å². The van der Waals surface area contributed by atoms with E-state index < -0.39 is 0 Å². The third-order valence-electron chi connectivity index (χ3n) is 6.16. The van der Waals surface area contributed by atoms with E-state index >= 15 is 0 Å². The summed E-state index contributed by atoms with van der Waals surface area (Å²) in [5.41, 5.74) is 5.65. The predicted molar refractivity (Wildman–Crippen MR) is 99.1 cm³/mol. The molecule has 2 aromatic rings. The first-order valence-corrected chi connectivity index (χ1v) is 9.68. The van der Waals surface area contributed by atoms with Crippen LogP contribution in [0.3, 0.4) is 0 Å². The number of anilines is 1. The Morgan fingerprint density at radius 1 is 1.19 bits per heavy atom. The van der Waals surface area contributed by atoms with Crippen LogP contribution in [0.2, 0.25) is 0 Å². The van der Waals surface area contributed by atoms with Crippen LogP contribution < -0.4 is 4.90 Å². The van der Waals surface area contributed by atoms with Crippen LogP contribution in [0, 0.1) is 5.92 Å². The third kappa shape index (κ3) is 2.72. The molecule has 7 heteroatoms. The van der Waals surface area contributed by atoms with E-state index in [2.05, 4.69) is 22.4 Å². The van der Waals surface area contributed by atoms with Crippen LogP contribution in [-0.2, 0) is 42.4 Å². The van der Waals surface area contributed by atoms with Gasteiger partial charge in [0.05, 0.1) is 18.2 Å². The number of aromatic nitrogens is 3. The maximum atomic E-state index is 13.0. The van der Waals surface area contributed by atoms with Gasteiger partial charge in [0.1, 0.15) is 5.69 Å². The summed E-state index contributed by atoms with van der Waals surface area (Å²) < 4.78 is 1.78. The summed E-state index contributed by atoms with van der Waals surface area (Å²) in [4.78, 5) is 29.2. The third-order valence-corrected chi connectivity index (χ3v) is 6.16. The lowest BCUT2D eigenvalue weighted by atomic mass is 10.0. The quantitative estimate of drug-likeness (QED) is 0.803. The van der Waals surface area contributed by atoms with Crippen molar-refractivity contribution in [2.75, 3.05) is 18.0 Å². The molecule has 1 atom stereocenters. The van der Waals surface area contributed by atoms with E-state index in [0.717, 1.165) is 36.3 Å². The fourth-order valence-corrected chi connectivity index (χ4v) is 4.64. The molecule has 1 aromatic carbocycles. The van der Waals surface area contributed by atoms with Crippen molar-refractivity contribution in [2.45, 2.75) is 38.6 Å². The minimum absolute atomic E-state index is 0.0449. The predicted octanol–water partition coefficient (Wildman–Crippen LogP) is 1.24. The Kier molecular flexibility index (Phi) is 3.77. The number of hydrogen-bond acceptors (Lipinski definition) is 4. The molecule has 5 rings (SSSR count). The minimum atomic E-state index is -0.274. The highest BCUT2D eigenvalue weighted by atomic mass is 16.2. The molecule has 3 aliphatic rings. The standard InChI is InChI=1S/C20H23N5O2/c1-23-18-7-8-24(12-17(18)21-22-23)20(27)15-10-19(26)25(11-15)16-6-5-13-3-2-4-14(13)9-16/h5-6,9,15H,2-4,7-8,10-12H2,1H3. The average molecular weight is 365 g/mol. The van der Waals surface area contributed by atoms with Crippen molar-refractivity contribution < 1.29 is 9.59 Å². The average Bonchev–Trinajstić information content (AvgIpc) is 3.39. The summed E-state index contributed by atoms with van der Waals surface area (Å²) in [6.45, 7) is 1.63. The zero-order valence-electron chi connectivity index (χ0n) is 15.5. The van der Waals surface area contributed by atoms with Crippen molar-refractivity contribution in [3.8, 4) is 0 Å². The minimum Gasteiger partial charge on any atom is -0.336 e. The summed E-state index contributed by atoms with van der Waals surface area (Å²) in [5.74, 6) is -0.171. The van der Waals surface area contributed by atoms with Gasteiger partial charge in [-0.15, -0.1) is 5.10 Å². The normalized spacial score (nSPS) is 21.5. The second-order valence-electron chi connectivity index (χ2n) is 7.83. The Balaban J connectivity index is 1.31. The molecule has 0 N–H and O–H groups in total. The van der Waals surface area contributed by atoms with Crippen LogP contribution in [0.1, 0.15) is 35.4 Å². The van der Waals surface area contributed by atoms with Crippen LogP contribution in [0.15, 0.2) is 18.2 Å². The van der Waals surface area contributed by atoms with Gasteiger partial charge in [-0.2, -0.15) is 0 Å². The molecule has 1 saturated heterocycles. The first-order chi connectivity index (χ1) is 13.1. The fourth-order valence-electron chi connectivity index (χ4n) is 4.64. The molecule has 2 aliphatic heterocycles. The van der Waals surface area contributed by atoms with E-state index in [1.165, 1.54) is 17.5 Å². The number of nitrogens with zero attached hydrogens (tertiary/aromatic N) is 5. The van der Waals surface area contributed by atoms with Crippen molar-refractivity contribution in [3.05, 3.63) is 40.7 Å². The van der Waals surface area contributed by atoms with Gasteiger partial charge in [0, 0.05) is 38.7 Å². The van der Waals surface area contributed by atoms with Gasteiger partial charge in [-0.25, -0.2) is 0 Å². The molecule has 1 aromatic heterocycles. The Bertz CT molecular complexity index is 934. The molecular weight excluding hydrogens is 342 g/mol. The highest BCUT2D eigenvalue weighted by molar-refractivity contribution is 6.00. The van der Waals surface area contributed by atoms with E-state index in [4.69, 9.17) is 0 Å². The highest BCUT2D eigenvalue weighted by Gasteiger charge is 2.38. The van der Waals surface area contributed by atoms with Crippen LogP contribution in [0.25, 0.3) is 0 Å². The molecule has 3 heterocycles. The van der Waals surface area contributed by atoms with E-state index in [-0.39, 0.29) is 17.7 Å². The molecule has 0 bridgehead atoms. The molecule has 0 saturated carbocycles. The maximum Gasteiger partial charge on any atom is 0.228 e. The zero-order valence-corrected chi connectivity index (χ0v) is 15.5. The van der Waals surface area contributed by atoms with Crippen LogP contribution in [-0.4, -0.2) is 44.8 Å². The SMILES string of the molecule is Cn1nnc2c1CCN(C(=O)C1CC(=O)N(c3ccc4c(c3)CCC4)C1)C2. The number of aryl methyl sites for hydroxylation is 3. The second kappa shape index (κ2) is 6.18. The molecule has 1 fully saturated rings. The van der Waals surface area contributed by atoms with Crippen molar-refractivity contribution in [1.29, 1.82) is 0 Å². The summed E-state index contributed by atoms with van der Waals surface area (Å²) in [6, 6.07) is 6.31. The van der Waals surface area contributed by atoms with E-state index in [9.17, 15) is 9.59 Å². The van der Waals surface area contributed by atoms with E-state index in [1.54, 1.807) is 9.58 Å². The number of fused-ring (bicyclic) bond motifs is 2. The Morgan fingerprint density at radius 3 is 2.93 bits per heavy atom. The second-order valence-corrected chi connectivity index (χ2v) is 7.83. The van der Waals surface area contributed by atoms with Crippen LogP contribution in [0.5, 0.6) is 0 Å². The Labute approximate surface area is 157 Å². The first-order valence-electron chi connectivity index (χ1n) is 9.68. The molecule has 7 nitrogen and oxygen atoms in total. The van der Waals surface area contributed by atoms with Crippen LogP contribution in [0.4, 0.5) is 5.69 Å². The molecular formula is C20H23N5O2. The molecule has 1 aliphatic carbocycles. The van der Waals surface area contributed by atoms with Crippen LogP contribution >= 0.6 is 0 Å². The molecule has 140 valence electrons. The van der Waals surface area contributed by atoms with E-state index in [1.807, 2.05) is 18.0 Å². The lowest BCUT2D eigenvalue weighted by Gasteiger charge is -2.28. The Hall–Kier alpha value is -2.70. The van der Waals surface area contributed by atoms with Gasteiger partial charge in [-0.3, -0.25) is 14.3 Å². The molecule has 27 heavy (non-hydrogen) atoms. The van der Waals surface area contributed by atoms with Crippen molar-refractivity contribution in [2.24, 2.45) is 13.0 Å². The van der Waals surface area contributed by atoms with Gasteiger partial charge in [0.2, 0.25) is 11.8 Å². The molecule has 0 spiro atoms. The maximum absolute atomic E-state index is 13.0. The lowest BCUT2D eigenvalue weighted by Crippen LogP contribution is -2.41. The summed E-state index contributed by atoms with van der Waals surface area (Å²) in [7, 11) is 1.88. The first kappa shape index (κ1) is 16.5. The smallest absolute Gasteiger partial charge is 0.228 e. The van der Waals surface area contributed by atoms with Gasteiger partial charge in [-0.05, 0) is 42.5 Å². The van der Waals surface area contributed by atoms with Crippen molar-refractivity contribution in [3.63, 3.8) is 0 Å². The van der Waals surface area contributed by atoms with E-state index in [0.29, 0.717) is 26.1 Å². The number of rotatable bonds is 2. The number of benzene rings is 1. The number of carbonyl (C=O) groups is 2. The number of carbonyl (C=O) groups excluding carboxylic acids is 2. The Morgan fingerprint density at radius 2 is 2.04 bits per heavy atom. The van der Waals surface area contributed by atoms with Gasteiger partial charge in [0.25, 0.3) is 0 Å². The number of amides is 2. The van der Waals surface area contributed by atoms with Gasteiger partial charge in [-0.1, -0.05) is 11.3 Å². The molecule has 2 amide bonds. The topological polar surface area (TPSA) is 71.3 Å². The monoisotopic (exact) mass is 365 g/mol. The fraction of sp³-hybridized carbons (Fsp3) is 0.500. The zero-order chi connectivity index (χ0) is 18.5. The summed E-state index contributed by atoms with van der Waals surface area (Å²) in [6.07, 6.45) is 4.46. The summed E-state index contributed by atoms with van der Waals surface area (Å²) in [5, 5.41) is 8.22. The highest BCUT2D eigenvalue weighted by Crippen LogP contribution is 2.31. The summed E-state index contributed by atoms with van der Waals surface area (Å²) >= 11 is 0. The van der Waals surface area contributed by atoms with Crippen molar-refractivity contribution >= 4 is 17.5 Å². The largest absolute Gasteiger partial charge is 0.336 e. The van der Waals surface area contributed by atoms with Gasteiger partial charge >= 0.3 is 0 Å². The molecule has 1 unspecified atom stereocenters. The van der Waals surface area contributed by atoms with Crippen molar-refractivity contribution in [1.82, 2.24) is 19.9 Å².